The third-order valence-electron chi connectivity index (χ3n) is 2.17. The van der Waals surface area contributed by atoms with Crippen molar-refractivity contribution in [1.82, 2.24) is 0 Å². The van der Waals surface area contributed by atoms with Gasteiger partial charge >= 0.3 is 0 Å². The van der Waals surface area contributed by atoms with Crippen molar-refractivity contribution < 1.29 is 13.2 Å². The van der Waals surface area contributed by atoms with Crippen molar-refractivity contribution in [2.24, 2.45) is 5.14 Å². The molecule has 0 aromatic heterocycles. The first-order valence-corrected chi connectivity index (χ1v) is 6.63. The van der Waals surface area contributed by atoms with Crippen LogP contribution in [0.4, 0.5) is 0 Å². The maximum atomic E-state index is 10.6. The molecule has 0 saturated heterocycles. The zero-order chi connectivity index (χ0) is 11.2. The predicted octanol–water partition coefficient (Wildman–Crippen LogP) is 1.26. The van der Waals surface area contributed by atoms with Gasteiger partial charge < -0.3 is 4.74 Å². The Morgan fingerprint density at radius 1 is 1.29 bits per heavy atom. The van der Waals surface area contributed by atoms with Crippen molar-refractivity contribution in [2.75, 3.05) is 12.4 Å². The van der Waals surface area contributed by atoms with Gasteiger partial charge in [0.25, 0.3) is 0 Å². The monoisotopic (exact) mass is 223 g/mol. The predicted molar refractivity (Wildman–Crippen MR) is 57.5 cm³/mol. The van der Waals surface area contributed by atoms with Crippen molar-refractivity contribution >= 4 is 10.0 Å². The van der Waals surface area contributed by atoms with E-state index in [0.29, 0.717) is 13.0 Å². The Morgan fingerprint density at radius 3 is 2.29 bits per heavy atom. The lowest BCUT2D eigenvalue weighted by Crippen LogP contribution is -2.24. The lowest BCUT2D eigenvalue weighted by Gasteiger charge is -2.23. The lowest BCUT2D eigenvalue weighted by atomic mass is 10.1. The molecule has 0 amide bonds. The highest BCUT2D eigenvalue weighted by Crippen LogP contribution is 2.13. The van der Waals surface area contributed by atoms with Gasteiger partial charge in [-0.3, -0.25) is 0 Å². The number of nitrogens with two attached hydrogens (primary N) is 1. The van der Waals surface area contributed by atoms with E-state index in [1.807, 2.05) is 13.8 Å². The molecule has 0 aliphatic heterocycles. The van der Waals surface area contributed by atoms with E-state index < -0.39 is 10.0 Å². The van der Waals surface area contributed by atoms with Gasteiger partial charge in [-0.25, -0.2) is 13.6 Å². The highest BCUT2D eigenvalue weighted by molar-refractivity contribution is 7.89. The summed E-state index contributed by atoms with van der Waals surface area (Å²) < 4.78 is 26.7. The Bertz CT molecular complexity index is 247. The molecule has 0 aliphatic carbocycles. The van der Waals surface area contributed by atoms with Gasteiger partial charge in [0.1, 0.15) is 0 Å². The quantitative estimate of drug-likeness (QED) is 0.661. The Balaban J connectivity index is 3.49. The Kier molecular flexibility index (Phi) is 5.63. The van der Waals surface area contributed by atoms with Gasteiger partial charge in [0.05, 0.1) is 11.4 Å². The summed E-state index contributed by atoms with van der Waals surface area (Å²) in [5, 5.41) is 4.86. The molecule has 0 aromatic rings. The molecule has 0 atom stereocenters. The third-order valence-corrected chi connectivity index (χ3v) is 3.03. The van der Waals surface area contributed by atoms with Crippen molar-refractivity contribution in [3.8, 4) is 0 Å². The normalized spacial score (nSPS) is 13.1. The number of hydrogen-bond acceptors (Lipinski definition) is 3. The summed E-state index contributed by atoms with van der Waals surface area (Å²) in [7, 11) is -3.30. The second kappa shape index (κ2) is 5.68. The minimum absolute atomic E-state index is 0.0446. The fourth-order valence-electron chi connectivity index (χ4n) is 0.856. The van der Waals surface area contributed by atoms with Crippen LogP contribution in [0.25, 0.3) is 0 Å². The number of rotatable bonds is 7. The summed E-state index contributed by atoms with van der Waals surface area (Å²) in [6, 6.07) is 0. The van der Waals surface area contributed by atoms with Gasteiger partial charge in [0, 0.05) is 6.61 Å². The second-order valence-corrected chi connectivity index (χ2v) is 5.77. The molecule has 0 fully saturated rings. The van der Waals surface area contributed by atoms with E-state index in [0.717, 1.165) is 12.8 Å². The van der Waals surface area contributed by atoms with E-state index in [-0.39, 0.29) is 11.4 Å². The topological polar surface area (TPSA) is 69.4 Å². The van der Waals surface area contributed by atoms with E-state index >= 15 is 0 Å². The molecule has 0 bridgehead atoms. The van der Waals surface area contributed by atoms with Crippen LogP contribution in [0, 0.1) is 0 Å². The Labute approximate surface area is 86.9 Å². The number of primary sulfonamides is 1. The summed E-state index contributed by atoms with van der Waals surface area (Å²) in [6.45, 7) is 6.69. The number of sulfonamides is 1. The van der Waals surface area contributed by atoms with Crippen LogP contribution < -0.4 is 5.14 Å². The number of unbranched alkanes of at least 4 members (excludes halogenated alkanes) is 1. The molecule has 0 radical (unpaired) electrons. The zero-order valence-corrected chi connectivity index (χ0v) is 10.1. The molecule has 0 saturated carbocycles. The summed E-state index contributed by atoms with van der Waals surface area (Å²) in [4.78, 5) is 0. The molecule has 4 nitrogen and oxygen atoms in total. The molecule has 2 N–H and O–H groups in total. The molecule has 5 heteroatoms. The fraction of sp³-hybridized carbons (Fsp3) is 1.00. The van der Waals surface area contributed by atoms with Crippen LogP contribution in [0.3, 0.4) is 0 Å². The van der Waals surface area contributed by atoms with Gasteiger partial charge in [-0.15, -0.1) is 0 Å². The molecule has 0 heterocycles. The van der Waals surface area contributed by atoms with E-state index in [4.69, 9.17) is 9.88 Å². The average molecular weight is 223 g/mol. The standard InChI is InChI=1S/C9H21NO3S/c1-4-9(2,3)13-7-5-6-8-14(10,11)12/h4-8H2,1-3H3,(H2,10,11,12). The van der Waals surface area contributed by atoms with Crippen molar-refractivity contribution in [3.63, 3.8) is 0 Å². The third kappa shape index (κ3) is 8.47. The number of ether oxygens (including phenoxy) is 1. The Morgan fingerprint density at radius 2 is 1.86 bits per heavy atom. The molecule has 0 spiro atoms. The van der Waals surface area contributed by atoms with Crippen molar-refractivity contribution in [1.29, 1.82) is 0 Å². The van der Waals surface area contributed by atoms with Gasteiger partial charge in [-0.05, 0) is 33.1 Å². The van der Waals surface area contributed by atoms with Crippen LogP contribution in [-0.4, -0.2) is 26.4 Å². The highest BCUT2D eigenvalue weighted by atomic mass is 32.2. The van der Waals surface area contributed by atoms with Crippen LogP contribution in [-0.2, 0) is 14.8 Å². The maximum absolute atomic E-state index is 10.6. The molecule has 0 aromatic carbocycles. The van der Waals surface area contributed by atoms with Gasteiger partial charge in [-0.2, -0.15) is 0 Å². The summed E-state index contributed by atoms with van der Waals surface area (Å²) in [5.41, 5.74) is -0.110. The van der Waals surface area contributed by atoms with Crippen LogP contribution in [0.5, 0.6) is 0 Å². The number of hydrogen-bond donors (Lipinski definition) is 1. The summed E-state index contributed by atoms with van der Waals surface area (Å²) in [6.07, 6.45) is 2.25. The minimum atomic E-state index is -3.30. The average Bonchev–Trinajstić information content (AvgIpc) is 2.01. The van der Waals surface area contributed by atoms with E-state index in [9.17, 15) is 8.42 Å². The molecular weight excluding hydrogens is 202 g/mol. The first kappa shape index (κ1) is 13.9. The van der Waals surface area contributed by atoms with Crippen LogP contribution in [0.15, 0.2) is 0 Å². The summed E-state index contributed by atoms with van der Waals surface area (Å²) >= 11 is 0. The molecular formula is C9H21NO3S. The SMILES string of the molecule is CCC(C)(C)OCCCCS(N)(=O)=O. The van der Waals surface area contributed by atoms with Gasteiger partial charge in [0.15, 0.2) is 0 Å². The van der Waals surface area contributed by atoms with E-state index in [2.05, 4.69) is 6.92 Å². The fourth-order valence-corrected chi connectivity index (χ4v) is 1.46. The van der Waals surface area contributed by atoms with Crippen LogP contribution in [0.2, 0.25) is 0 Å². The first-order chi connectivity index (χ1) is 6.27. The van der Waals surface area contributed by atoms with Crippen molar-refractivity contribution in [2.45, 2.75) is 45.6 Å². The van der Waals surface area contributed by atoms with Crippen molar-refractivity contribution in [3.05, 3.63) is 0 Å². The van der Waals surface area contributed by atoms with E-state index in [1.54, 1.807) is 0 Å². The van der Waals surface area contributed by atoms with Crippen LogP contribution >= 0.6 is 0 Å². The molecule has 0 unspecified atom stereocenters. The molecule has 14 heavy (non-hydrogen) atoms. The molecule has 86 valence electrons. The second-order valence-electron chi connectivity index (χ2n) is 4.04. The van der Waals surface area contributed by atoms with Crippen LogP contribution in [0.1, 0.15) is 40.0 Å². The lowest BCUT2D eigenvalue weighted by molar-refractivity contribution is -0.0211. The smallest absolute Gasteiger partial charge is 0.209 e. The summed E-state index contributed by atoms with van der Waals surface area (Å²) in [5.74, 6) is 0.0446. The largest absolute Gasteiger partial charge is 0.376 e. The molecule has 0 aliphatic rings. The van der Waals surface area contributed by atoms with Gasteiger partial charge in [-0.1, -0.05) is 6.92 Å². The zero-order valence-electron chi connectivity index (χ0n) is 9.25. The Hall–Kier alpha value is -0.130. The highest BCUT2D eigenvalue weighted by Gasteiger charge is 2.14. The van der Waals surface area contributed by atoms with E-state index in [1.165, 1.54) is 0 Å². The molecule has 0 rings (SSSR count). The first-order valence-electron chi connectivity index (χ1n) is 4.91. The maximum Gasteiger partial charge on any atom is 0.209 e. The van der Waals surface area contributed by atoms with Gasteiger partial charge in [0.2, 0.25) is 10.0 Å². The minimum Gasteiger partial charge on any atom is -0.376 e.